The number of aliphatic carboxylic acids is 1. The van der Waals surface area contributed by atoms with Crippen LogP contribution in [0.1, 0.15) is 31.8 Å². The van der Waals surface area contributed by atoms with Crippen molar-refractivity contribution < 1.29 is 24.6 Å². The van der Waals surface area contributed by atoms with Gasteiger partial charge in [-0.1, -0.05) is 41.9 Å². The molecule has 0 saturated carbocycles. The highest BCUT2D eigenvalue weighted by Crippen LogP contribution is 2.20. The van der Waals surface area contributed by atoms with Crippen molar-refractivity contribution >= 4 is 46.4 Å². The van der Waals surface area contributed by atoms with Gasteiger partial charge in [-0.25, -0.2) is 4.79 Å². The molecular weight excluding hydrogens is 482 g/mol. The number of hydrogen-bond donors (Lipinski definition) is 4. The lowest BCUT2D eigenvalue weighted by molar-refractivity contribution is -0.132. The smallest absolute Gasteiger partial charge is 0.352 e. The second-order valence-electron chi connectivity index (χ2n) is 7.83. The molecule has 4 aromatic rings. The third-order valence-corrected chi connectivity index (χ3v) is 5.55. The summed E-state index contributed by atoms with van der Waals surface area (Å²) in [6.07, 6.45) is 2.81. The molecule has 4 N–H and O–H groups in total. The third kappa shape index (κ3) is 5.86. The van der Waals surface area contributed by atoms with Crippen LogP contribution in [-0.4, -0.2) is 33.0 Å². The molecule has 0 fully saturated rings. The fourth-order valence-corrected chi connectivity index (χ4v) is 3.73. The Morgan fingerprint density at radius 2 is 1.75 bits per heavy atom. The van der Waals surface area contributed by atoms with E-state index in [2.05, 4.69) is 15.6 Å². The van der Waals surface area contributed by atoms with Gasteiger partial charge in [0.1, 0.15) is 11.4 Å². The summed E-state index contributed by atoms with van der Waals surface area (Å²) in [5, 5.41) is 25.0. The Morgan fingerprint density at radius 3 is 2.50 bits per heavy atom. The standard InChI is InChI=1S/C27H20ClN3O5/c28-22-13-19(25(33)30-14-16-4-3-6-20(32)11-16)8-9-21(22)26(34)31-24(27(35)36)12-17-10-18-5-1-2-7-23(18)29-15-17/h1-13,15,32H,14H2,(H,30,33)(H,31,34)(H,35,36)/b24-12-. The predicted molar refractivity (Wildman–Crippen MR) is 136 cm³/mol. The molecule has 4 rings (SSSR count). The molecule has 0 radical (unpaired) electrons. The van der Waals surface area contributed by atoms with Crippen LogP contribution in [0.4, 0.5) is 0 Å². The number of nitrogens with one attached hydrogen (secondary N) is 2. The molecule has 0 atom stereocenters. The average Bonchev–Trinajstić information content (AvgIpc) is 2.86. The lowest BCUT2D eigenvalue weighted by Crippen LogP contribution is -2.28. The molecule has 0 aliphatic heterocycles. The van der Waals surface area contributed by atoms with Crippen molar-refractivity contribution in [3.05, 3.63) is 112 Å². The molecule has 2 amide bonds. The van der Waals surface area contributed by atoms with Crippen LogP contribution < -0.4 is 10.6 Å². The molecule has 3 aromatic carbocycles. The molecule has 1 heterocycles. The molecule has 8 nitrogen and oxygen atoms in total. The molecule has 9 heteroatoms. The van der Waals surface area contributed by atoms with Gasteiger partial charge < -0.3 is 20.8 Å². The average molecular weight is 502 g/mol. The monoisotopic (exact) mass is 501 g/mol. The first kappa shape index (κ1) is 24.4. The lowest BCUT2D eigenvalue weighted by atomic mass is 10.1. The van der Waals surface area contributed by atoms with Gasteiger partial charge in [-0.3, -0.25) is 14.6 Å². The molecule has 0 aliphatic rings. The summed E-state index contributed by atoms with van der Waals surface area (Å²) >= 11 is 6.24. The van der Waals surface area contributed by atoms with Gasteiger partial charge in [0.25, 0.3) is 11.8 Å². The summed E-state index contributed by atoms with van der Waals surface area (Å²) in [5.41, 5.74) is 1.82. The maximum Gasteiger partial charge on any atom is 0.352 e. The highest BCUT2D eigenvalue weighted by Gasteiger charge is 2.18. The van der Waals surface area contributed by atoms with Crippen LogP contribution in [-0.2, 0) is 11.3 Å². The van der Waals surface area contributed by atoms with Gasteiger partial charge in [0.05, 0.1) is 16.1 Å². The van der Waals surface area contributed by atoms with Crippen molar-refractivity contribution in [1.82, 2.24) is 15.6 Å². The minimum absolute atomic E-state index is 0.00462. The Balaban J connectivity index is 1.48. The van der Waals surface area contributed by atoms with E-state index < -0.39 is 17.8 Å². The normalized spacial score (nSPS) is 11.2. The molecule has 1 aromatic heterocycles. The first-order valence-corrected chi connectivity index (χ1v) is 11.1. The summed E-state index contributed by atoms with van der Waals surface area (Å²) in [7, 11) is 0. The van der Waals surface area contributed by atoms with E-state index >= 15 is 0 Å². The van der Waals surface area contributed by atoms with E-state index in [1.54, 1.807) is 18.2 Å². The first-order valence-electron chi connectivity index (χ1n) is 10.8. The van der Waals surface area contributed by atoms with Gasteiger partial charge in [-0.05, 0) is 59.7 Å². The number of benzene rings is 3. The minimum atomic E-state index is -1.34. The number of phenolic OH excluding ortho intramolecular Hbond substituents is 1. The molecule has 0 unspecified atom stereocenters. The van der Waals surface area contributed by atoms with E-state index in [0.717, 1.165) is 10.9 Å². The molecule has 36 heavy (non-hydrogen) atoms. The number of fused-ring (bicyclic) bond motifs is 1. The van der Waals surface area contributed by atoms with E-state index in [4.69, 9.17) is 11.6 Å². The summed E-state index contributed by atoms with van der Waals surface area (Å²) in [5.74, 6) is -2.42. The highest BCUT2D eigenvalue weighted by molar-refractivity contribution is 6.34. The van der Waals surface area contributed by atoms with Crippen LogP contribution in [0.2, 0.25) is 5.02 Å². The van der Waals surface area contributed by atoms with Crippen molar-refractivity contribution in [3.63, 3.8) is 0 Å². The Bertz CT molecular complexity index is 1520. The van der Waals surface area contributed by atoms with E-state index in [1.165, 1.54) is 42.6 Å². The number of carbonyl (C=O) groups excluding carboxylic acids is 2. The molecule has 0 aliphatic carbocycles. The maximum atomic E-state index is 12.8. The molecule has 0 bridgehead atoms. The van der Waals surface area contributed by atoms with Crippen molar-refractivity contribution in [2.45, 2.75) is 6.54 Å². The van der Waals surface area contributed by atoms with E-state index in [9.17, 15) is 24.6 Å². The summed E-state index contributed by atoms with van der Waals surface area (Å²) < 4.78 is 0. The first-order chi connectivity index (χ1) is 17.3. The Kier molecular flexibility index (Phi) is 7.27. The number of carboxylic acid groups (broad SMARTS) is 1. The second kappa shape index (κ2) is 10.7. The number of pyridine rings is 1. The van der Waals surface area contributed by atoms with Crippen molar-refractivity contribution in [3.8, 4) is 5.75 Å². The van der Waals surface area contributed by atoms with Gasteiger partial charge in [-0.2, -0.15) is 0 Å². The number of para-hydroxylation sites is 1. The number of aromatic nitrogens is 1. The third-order valence-electron chi connectivity index (χ3n) is 5.24. The zero-order chi connectivity index (χ0) is 25.7. The van der Waals surface area contributed by atoms with E-state index in [-0.39, 0.29) is 34.1 Å². The van der Waals surface area contributed by atoms with Crippen LogP contribution in [0.3, 0.4) is 0 Å². The number of carbonyl (C=O) groups is 3. The fraction of sp³-hybridized carbons (Fsp3) is 0.0370. The largest absolute Gasteiger partial charge is 0.508 e. The molecular formula is C27H20ClN3O5. The van der Waals surface area contributed by atoms with E-state index in [1.807, 2.05) is 24.3 Å². The van der Waals surface area contributed by atoms with Crippen LogP contribution >= 0.6 is 11.6 Å². The minimum Gasteiger partial charge on any atom is -0.508 e. The van der Waals surface area contributed by atoms with Crippen molar-refractivity contribution in [1.29, 1.82) is 0 Å². The van der Waals surface area contributed by atoms with Crippen LogP contribution in [0.25, 0.3) is 17.0 Å². The topological polar surface area (TPSA) is 129 Å². The fourth-order valence-electron chi connectivity index (χ4n) is 3.47. The van der Waals surface area contributed by atoms with Crippen molar-refractivity contribution in [2.75, 3.05) is 0 Å². The van der Waals surface area contributed by atoms with Gasteiger partial charge in [0, 0.05) is 23.7 Å². The van der Waals surface area contributed by atoms with Crippen molar-refractivity contribution in [2.24, 2.45) is 0 Å². The number of halogens is 1. The van der Waals surface area contributed by atoms with Crippen LogP contribution in [0.15, 0.2) is 84.7 Å². The quantitative estimate of drug-likeness (QED) is 0.278. The number of amides is 2. The highest BCUT2D eigenvalue weighted by atomic mass is 35.5. The van der Waals surface area contributed by atoms with E-state index in [0.29, 0.717) is 11.1 Å². The zero-order valence-corrected chi connectivity index (χ0v) is 19.5. The number of carboxylic acids is 1. The lowest BCUT2D eigenvalue weighted by Gasteiger charge is -2.10. The molecule has 180 valence electrons. The van der Waals surface area contributed by atoms with Gasteiger partial charge in [-0.15, -0.1) is 0 Å². The van der Waals surface area contributed by atoms with Gasteiger partial charge in [0.15, 0.2) is 0 Å². The number of aromatic hydroxyl groups is 1. The second-order valence-corrected chi connectivity index (χ2v) is 8.23. The number of phenols is 1. The molecule has 0 spiro atoms. The van der Waals surface area contributed by atoms with Crippen LogP contribution in [0.5, 0.6) is 5.75 Å². The van der Waals surface area contributed by atoms with Crippen LogP contribution in [0, 0.1) is 0 Å². The summed E-state index contributed by atoms with van der Waals surface area (Å²) in [6.45, 7) is 0.184. The Morgan fingerprint density at radius 1 is 0.944 bits per heavy atom. The summed E-state index contributed by atoms with van der Waals surface area (Å²) in [6, 6.07) is 19.7. The van der Waals surface area contributed by atoms with Gasteiger partial charge in [0.2, 0.25) is 0 Å². The Hall–Kier alpha value is -4.69. The Labute approximate surface area is 210 Å². The summed E-state index contributed by atoms with van der Waals surface area (Å²) in [4.78, 5) is 41.3. The van der Waals surface area contributed by atoms with Gasteiger partial charge >= 0.3 is 5.97 Å². The predicted octanol–water partition coefficient (Wildman–Crippen LogP) is 4.38. The zero-order valence-electron chi connectivity index (χ0n) is 18.7. The number of hydrogen-bond acceptors (Lipinski definition) is 5. The maximum absolute atomic E-state index is 12.8. The SMILES string of the molecule is O=C(O)/C(=C/c1cnc2ccccc2c1)NC(=O)c1ccc(C(=O)NCc2cccc(O)c2)cc1Cl. The molecule has 0 saturated heterocycles. The number of nitrogens with zero attached hydrogens (tertiary/aromatic N) is 1. The number of rotatable bonds is 7.